The van der Waals surface area contributed by atoms with Crippen molar-refractivity contribution >= 4 is 5.65 Å². The van der Waals surface area contributed by atoms with Crippen molar-refractivity contribution in [3.05, 3.63) is 52.3 Å². The molecule has 1 saturated heterocycles. The maximum Gasteiger partial charge on any atom is 0.272 e. The Balaban J connectivity index is 1.52. The van der Waals surface area contributed by atoms with Crippen LogP contribution >= 0.6 is 0 Å². The van der Waals surface area contributed by atoms with Gasteiger partial charge in [-0.25, -0.2) is 9.50 Å². The van der Waals surface area contributed by atoms with Crippen molar-refractivity contribution in [2.45, 2.75) is 25.3 Å². The van der Waals surface area contributed by atoms with Crippen molar-refractivity contribution in [2.75, 3.05) is 13.1 Å². The number of nitrogens with one attached hydrogen (secondary N) is 1. The summed E-state index contributed by atoms with van der Waals surface area (Å²) < 4.78 is 3.31. The Morgan fingerprint density at radius 3 is 3.13 bits per heavy atom. The van der Waals surface area contributed by atoms with Gasteiger partial charge in [0.05, 0.1) is 11.4 Å². The van der Waals surface area contributed by atoms with Gasteiger partial charge in [0.25, 0.3) is 5.56 Å². The zero-order chi connectivity index (χ0) is 15.8. The molecule has 3 aromatic rings. The Labute approximate surface area is 133 Å². The topological polar surface area (TPSA) is 71.2 Å². The quantitative estimate of drug-likeness (QED) is 0.787. The summed E-state index contributed by atoms with van der Waals surface area (Å²) in [5.41, 5.74) is 2.60. The molecule has 0 spiro atoms. The lowest BCUT2D eigenvalue weighted by Gasteiger charge is -2.31. The monoisotopic (exact) mass is 312 g/mol. The highest BCUT2D eigenvalue weighted by Gasteiger charge is 2.23. The number of fused-ring (bicyclic) bond motifs is 1. The fourth-order valence-corrected chi connectivity index (χ4v) is 3.38. The van der Waals surface area contributed by atoms with Crippen LogP contribution in [0.15, 0.2) is 35.4 Å². The molecule has 0 aliphatic carbocycles. The van der Waals surface area contributed by atoms with E-state index in [9.17, 15) is 4.79 Å². The van der Waals surface area contributed by atoms with E-state index in [1.165, 1.54) is 10.9 Å². The molecule has 4 heterocycles. The van der Waals surface area contributed by atoms with Crippen molar-refractivity contribution in [2.24, 2.45) is 7.05 Å². The lowest BCUT2D eigenvalue weighted by molar-refractivity contribution is 0.196. The van der Waals surface area contributed by atoms with Crippen LogP contribution in [-0.4, -0.2) is 42.4 Å². The maximum atomic E-state index is 12.1. The fourth-order valence-electron chi connectivity index (χ4n) is 3.38. The van der Waals surface area contributed by atoms with Gasteiger partial charge < -0.3 is 0 Å². The molecule has 1 fully saturated rings. The van der Waals surface area contributed by atoms with Crippen LogP contribution in [0.4, 0.5) is 0 Å². The Bertz CT molecular complexity index is 876. The third-order valence-electron chi connectivity index (χ3n) is 4.48. The van der Waals surface area contributed by atoms with E-state index in [4.69, 9.17) is 0 Å². The number of aryl methyl sites for hydroxylation is 1. The van der Waals surface area contributed by atoms with Gasteiger partial charge in [-0.1, -0.05) is 0 Å². The van der Waals surface area contributed by atoms with Gasteiger partial charge in [0.15, 0.2) is 5.65 Å². The number of nitrogens with zero attached hydrogens (tertiary/aromatic N) is 5. The lowest BCUT2D eigenvalue weighted by atomic mass is 9.95. The second-order valence-corrected chi connectivity index (χ2v) is 6.23. The van der Waals surface area contributed by atoms with Gasteiger partial charge in [0.1, 0.15) is 0 Å². The number of aromatic nitrogens is 5. The van der Waals surface area contributed by atoms with E-state index in [0.717, 1.165) is 30.9 Å². The van der Waals surface area contributed by atoms with Gasteiger partial charge >= 0.3 is 0 Å². The first kappa shape index (κ1) is 14.2. The number of aromatic amines is 1. The predicted molar refractivity (Wildman–Crippen MR) is 86.3 cm³/mol. The minimum atomic E-state index is -0.0618. The Kier molecular flexibility index (Phi) is 3.49. The summed E-state index contributed by atoms with van der Waals surface area (Å²) in [6, 6.07) is 5.54. The van der Waals surface area contributed by atoms with E-state index < -0.39 is 0 Å². The van der Waals surface area contributed by atoms with E-state index >= 15 is 0 Å². The first-order valence-corrected chi connectivity index (χ1v) is 7.97. The molecule has 7 heteroatoms. The SMILES string of the molecule is Cn1ccc(C2CCCN(Cc3cc(=O)n4[nH]ccc4n3)C2)n1. The van der Waals surface area contributed by atoms with E-state index in [1.54, 1.807) is 12.3 Å². The molecule has 1 unspecified atom stereocenters. The summed E-state index contributed by atoms with van der Waals surface area (Å²) in [5.74, 6) is 0.460. The molecule has 0 aromatic carbocycles. The van der Waals surface area contributed by atoms with Crippen molar-refractivity contribution in [1.82, 2.24) is 29.3 Å². The van der Waals surface area contributed by atoms with Gasteiger partial charge in [0.2, 0.25) is 0 Å². The Morgan fingerprint density at radius 2 is 2.30 bits per heavy atom. The van der Waals surface area contributed by atoms with Crippen molar-refractivity contribution in [1.29, 1.82) is 0 Å². The summed E-state index contributed by atoms with van der Waals surface area (Å²) in [6.45, 7) is 2.71. The molecule has 0 bridgehead atoms. The average molecular weight is 312 g/mol. The van der Waals surface area contributed by atoms with Crippen LogP contribution < -0.4 is 5.56 Å². The highest BCUT2D eigenvalue weighted by molar-refractivity contribution is 5.36. The third kappa shape index (κ3) is 2.79. The van der Waals surface area contributed by atoms with Crippen LogP contribution in [-0.2, 0) is 13.6 Å². The van der Waals surface area contributed by atoms with Crippen LogP contribution in [0.25, 0.3) is 5.65 Å². The van der Waals surface area contributed by atoms with Gasteiger partial charge in [0, 0.05) is 50.6 Å². The summed E-state index contributed by atoms with van der Waals surface area (Å²) in [5, 5.41) is 7.41. The van der Waals surface area contributed by atoms with E-state index in [2.05, 4.69) is 26.1 Å². The number of hydrogen-bond acceptors (Lipinski definition) is 4. The molecular weight excluding hydrogens is 292 g/mol. The molecule has 1 N–H and O–H groups in total. The molecule has 1 atom stereocenters. The van der Waals surface area contributed by atoms with Crippen LogP contribution in [0, 0.1) is 0 Å². The first-order valence-electron chi connectivity index (χ1n) is 7.97. The molecule has 23 heavy (non-hydrogen) atoms. The molecule has 0 amide bonds. The van der Waals surface area contributed by atoms with Crippen LogP contribution in [0.2, 0.25) is 0 Å². The van der Waals surface area contributed by atoms with Gasteiger partial charge in [-0.05, 0) is 25.5 Å². The molecule has 120 valence electrons. The van der Waals surface area contributed by atoms with Crippen LogP contribution in [0.5, 0.6) is 0 Å². The lowest BCUT2D eigenvalue weighted by Crippen LogP contribution is -2.34. The van der Waals surface area contributed by atoms with Crippen molar-refractivity contribution in [3.8, 4) is 0 Å². The largest absolute Gasteiger partial charge is 0.297 e. The van der Waals surface area contributed by atoms with Gasteiger partial charge in [-0.2, -0.15) is 5.10 Å². The molecule has 7 nitrogen and oxygen atoms in total. The number of hydrogen-bond donors (Lipinski definition) is 1. The van der Waals surface area contributed by atoms with Crippen LogP contribution in [0.1, 0.15) is 30.1 Å². The number of likely N-dealkylation sites (tertiary alicyclic amines) is 1. The maximum absolute atomic E-state index is 12.1. The molecule has 1 aliphatic rings. The van der Waals surface area contributed by atoms with Crippen LogP contribution in [0.3, 0.4) is 0 Å². The predicted octanol–water partition coefficient (Wildman–Crippen LogP) is 1.14. The minimum absolute atomic E-state index is 0.0618. The standard InChI is InChI=1S/C16H20N6O/c1-20-8-5-14(19-20)12-3-2-7-21(10-12)11-13-9-16(23)22-15(18-13)4-6-17-22/h4-6,8-9,12,17H,2-3,7,10-11H2,1H3. The summed E-state index contributed by atoms with van der Waals surface area (Å²) >= 11 is 0. The second kappa shape index (κ2) is 5.66. The average Bonchev–Trinajstić information content (AvgIpc) is 3.16. The van der Waals surface area contributed by atoms with Crippen molar-refractivity contribution < 1.29 is 0 Å². The number of H-pyrrole nitrogens is 1. The minimum Gasteiger partial charge on any atom is -0.297 e. The van der Waals surface area contributed by atoms with Crippen molar-refractivity contribution in [3.63, 3.8) is 0 Å². The zero-order valence-electron chi connectivity index (χ0n) is 13.1. The Morgan fingerprint density at radius 1 is 1.39 bits per heavy atom. The highest BCUT2D eigenvalue weighted by atomic mass is 16.1. The summed E-state index contributed by atoms with van der Waals surface area (Å²) in [7, 11) is 1.95. The first-order chi connectivity index (χ1) is 11.2. The zero-order valence-corrected chi connectivity index (χ0v) is 13.1. The third-order valence-corrected chi connectivity index (χ3v) is 4.48. The van der Waals surface area contributed by atoms with E-state index in [1.807, 2.05) is 24.0 Å². The summed E-state index contributed by atoms with van der Waals surface area (Å²) in [4.78, 5) is 19.0. The van der Waals surface area contributed by atoms with Gasteiger partial charge in [-0.15, -0.1) is 0 Å². The molecule has 4 rings (SSSR count). The smallest absolute Gasteiger partial charge is 0.272 e. The molecule has 0 radical (unpaired) electrons. The highest BCUT2D eigenvalue weighted by Crippen LogP contribution is 2.26. The van der Waals surface area contributed by atoms with E-state index in [0.29, 0.717) is 18.1 Å². The summed E-state index contributed by atoms with van der Waals surface area (Å²) in [6.07, 6.45) is 6.04. The number of rotatable bonds is 3. The molecule has 3 aromatic heterocycles. The Hall–Kier alpha value is -2.41. The number of piperidine rings is 1. The molecular formula is C16H20N6O. The molecule has 1 aliphatic heterocycles. The van der Waals surface area contributed by atoms with Gasteiger partial charge in [-0.3, -0.25) is 19.5 Å². The second-order valence-electron chi connectivity index (χ2n) is 6.23. The molecule has 0 saturated carbocycles. The normalized spacial score (nSPS) is 19.4. The fraction of sp³-hybridized carbons (Fsp3) is 0.438. The van der Waals surface area contributed by atoms with E-state index in [-0.39, 0.29) is 5.56 Å².